The molecule has 3 aromatic rings. The molecule has 2 heterocycles. The van der Waals surface area contributed by atoms with Crippen molar-refractivity contribution in [3.63, 3.8) is 0 Å². The van der Waals surface area contributed by atoms with Crippen LogP contribution in [0.5, 0.6) is 0 Å². The van der Waals surface area contributed by atoms with Crippen molar-refractivity contribution in [2.45, 2.75) is 65.5 Å². The number of H-pyrrole nitrogens is 1. The van der Waals surface area contributed by atoms with Crippen molar-refractivity contribution in [1.29, 1.82) is 0 Å². The predicted molar refractivity (Wildman–Crippen MR) is 150 cm³/mol. The minimum absolute atomic E-state index is 0.0598. The first kappa shape index (κ1) is 27.9. The summed E-state index contributed by atoms with van der Waals surface area (Å²) in [7, 11) is 0. The number of aryl methyl sites for hydroxylation is 3. The van der Waals surface area contributed by atoms with E-state index in [9.17, 15) is 14.1 Å². The summed E-state index contributed by atoms with van der Waals surface area (Å²) in [5.41, 5.74) is 5.10. The highest BCUT2D eigenvalue weighted by molar-refractivity contribution is 7.90. The quantitative estimate of drug-likeness (QED) is 0.333. The molecule has 1 aliphatic carbocycles. The zero-order chi connectivity index (χ0) is 27.2. The molecule has 10 heteroatoms. The van der Waals surface area contributed by atoms with Gasteiger partial charge in [0, 0.05) is 36.1 Å². The van der Waals surface area contributed by atoms with Crippen LogP contribution >= 0.6 is 0 Å². The van der Waals surface area contributed by atoms with E-state index in [4.69, 9.17) is 0 Å². The minimum Gasteiger partial charge on any atom is -0.617 e. The lowest BCUT2D eigenvalue weighted by Gasteiger charge is -2.32. The van der Waals surface area contributed by atoms with Crippen LogP contribution in [-0.4, -0.2) is 54.4 Å². The molecule has 2 aromatic heterocycles. The summed E-state index contributed by atoms with van der Waals surface area (Å²) in [4.78, 5) is 26.9. The Morgan fingerprint density at radius 2 is 1.87 bits per heavy atom. The third kappa shape index (κ3) is 6.85. The van der Waals surface area contributed by atoms with Crippen molar-refractivity contribution in [3.05, 3.63) is 53.6 Å². The molecule has 1 unspecified atom stereocenters. The predicted octanol–water partition coefficient (Wildman–Crippen LogP) is 4.22. The van der Waals surface area contributed by atoms with Crippen LogP contribution in [0.3, 0.4) is 0 Å². The number of hydrogen-bond acceptors (Lipinski definition) is 5. The summed E-state index contributed by atoms with van der Waals surface area (Å²) in [5, 5.41) is 17.6. The molecule has 204 valence electrons. The van der Waals surface area contributed by atoms with Gasteiger partial charge in [-0.05, 0) is 62.3 Å². The molecule has 1 fully saturated rings. The van der Waals surface area contributed by atoms with E-state index in [1.165, 1.54) is 0 Å². The molecule has 1 aromatic carbocycles. The molecule has 1 aliphatic rings. The highest BCUT2D eigenvalue weighted by Crippen LogP contribution is 2.31. The lowest BCUT2D eigenvalue weighted by Crippen LogP contribution is -2.49. The molecule has 0 spiro atoms. The van der Waals surface area contributed by atoms with E-state index in [0.717, 1.165) is 48.2 Å². The van der Waals surface area contributed by atoms with Gasteiger partial charge in [-0.3, -0.25) is 19.4 Å². The average molecular weight is 539 g/mol. The first-order valence-electron chi connectivity index (χ1n) is 13.3. The lowest BCUT2D eigenvalue weighted by molar-refractivity contribution is -0.119. The van der Waals surface area contributed by atoms with Gasteiger partial charge >= 0.3 is 0 Å². The number of rotatable bonds is 10. The van der Waals surface area contributed by atoms with Crippen LogP contribution in [0.2, 0.25) is 0 Å². The largest absolute Gasteiger partial charge is 0.617 e. The first-order chi connectivity index (χ1) is 18.2. The maximum Gasteiger partial charge on any atom is 0.270 e. The zero-order valence-electron chi connectivity index (χ0n) is 22.6. The van der Waals surface area contributed by atoms with Crippen molar-refractivity contribution in [2.75, 3.05) is 17.3 Å². The molecule has 38 heavy (non-hydrogen) atoms. The molecule has 3 N–H and O–H groups in total. The number of nitrogens with one attached hydrogen (secondary N) is 3. The number of carbonyl (C=O) groups is 2. The zero-order valence-corrected chi connectivity index (χ0v) is 23.4. The Morgan fingerprint density at radius 3 is 2.50 bits per heavy atom. The summed E-state index contributed by atoms with van der Waals surface area (Å²) < 4.78 is 13.0. The fourth-order valence-corrected chi connectivity index (χ4v) is 5.81. The van der Waals surface area contributed by atoms with Crippen molar-refractivity contribution < 1.29 is 14.1 Å². The summed E-state index contributed by atoms with van der Waals surface area (Å²) >= 11 is -0.898. The second-order valence-corrected chi connectivity index (χ2v) is 12.0. The summed E-state index contributed by atoms with van der Waals surface area (Å²) in [6.07, 6.45) is 7.75. The molecular formula is C28H38N6O3S. The van der Waals surface area contributed by atoms with Gasteiger partial charge in [0.1, 0.15) is 17.5 Å². The van der Waals surface area contributed by atoms with E-state index < -0.39 is 17.2 Å². The highest BCUT2D eigenvalue weighted by atomic mass is 32.2. The molecule has 0 radical (unpaired) electrons. The number of aromatic amines is 1. The maximum atomic E-state index is 13.6. The number of anilines is 1. The van der Waals surface area contributed by atoms with Crippen molar-refractivity contribution in [1.82, 2.24) is 25.3 Å². The molecule has 0 bridgehead atoms. The van der Waals surface area contributed by atoms with E-state index >= 15 is 0 Å². The van der Waals surface area contributed by atoms with Crippen LogP contribution in [0.1, 0.15) is 60.9 Å². The monoisotopic (exact) mass is 538 g/mol. The number of aromatic nitrogens is 4. The van der Waals surface area contributed by atoms with Crippen LogP contribution in [0.15, 0.2) is 36.5 Å². The third-order valence-corrected chi connectivity index (χ3v) is 8.28. The Morgan fingerprint density at radius 1 is 1.16 bits per heavy atom. The van der Waals surface area contributed by atoms with Crippen LogP contribution in [0.25, 0.3) is 11.1 Å². The average Bonchev–Trinajstić information content (AvgIpc) is 3.49. The van der Waals surface area contributed by atoms with Crippen LogP contribution in [-0.2, 0) is 22.5 Å². The van der Waals surface area contributed by atoms with E-state index in [1.54, 1.807) is 23.2 Å². The lowest BCUT2D eigenvalue weighted by atomic mass is 9.79. The van der Waals surface area contributed by atoms with E-state index in [-0.39, 0.29) is 17.7 Å². The van der Waals surface area contributed by atoms with Gasteiger partial charge < -0.3 is 15.2 Å². The minimum atomic E-state index is -0.898. The summed E-state index contributed by atoms with van der Waals surface area (Å²) in [6, 6.07) is 8.71. The van der Waals surface area contributed by atoms with Gasteiger partial charge in [-0.25, -0.2) is 0 Å². The van der Waals surface area contributed by atoms with E-state index in [1.807, 2.05) is 38.1 Å². The third-order valence-electron chi connectivity index (χ3n) is 7.42. The molecular weight excluding hydrogens is 500 g/mol. The second-order valence-electron chi connectivity index (χ2n) is 10.4. The van der Waals surface area contributed by atoms with Crippen molar-refractivity contribution in [2.24, 2.45) is 11.8 Å². The van der Waals surface area contributed by atoms with Crippen molar-refractivity contribution >= 4 is 28.7 Å². The second kappa shape index (κ2) is 12.6. The van der Waals surface area contributed by atoms with Gasteiger partial charge in [0.25, 0.3) is 5.91 Å². The number of nitrogens with zero attached hydrogens (tertiary/aromatic N) is 3. The standard InChI is InChI=1S/C28H38N6O3S/c1-18-6-8-22(9-7-18)26(31-27(35)24-14-15-29-34(24)16-5-17-38(4)37)28(36)30-23-12-10-21(11-13-23)25-19(2)32-33-20(25)3/h10-15,18,22,26H,5-9,16-17H2,1-4H3,(H,30,36)(H,31,35)(H,32,33)/t18?,22?,26-,38?/m0/s1. The fraction of sp³-hybridized carbons (Fsp3) is 0.500. The normalized spacial score (nSPS) is 19.1. The van der Waals surface area contributed by atoms with Gasteiger partial charge in [-0.2, -0.15) is 10.2 Å². The Balaban J connectivity index is 1.48. The number of amides is 2. The SMILES string of the molecule is Cc1n[nH]c(C)c1-c1ccc(NC(=O)[C@@H](NC(=O)c2ccnn2CCC[S+](C)[O-])C2CCC(C)CC2)cc1. The topological polar surface area (TPSA) is 128 Å². The molecule has 9 nitrogen and oxygen atoms in total. The molecule has 4 rings (SSSR count). The molecule has 0 saturated heterocycles. The first-order valence-corrected chi connectivity index (χ1v) is 15.0. The maximum absolute atomic E-state index is 13.6. The Labute approximate surface area is 227 Å². The number of hydrogen-bond donors (Lipinski definition) is 3. The highest BCUT2D eigenvalue weighted by Gasteiger charge is 2.33. The van der Waals surface area contributed by atoms with Crippen molar-refractivity contribution in [3.8, 4) is 11.1 Å². The van der Waals surface area contributed by atoms with Gasteiger partial charge in [0.05, 0.1) is 11.9 Å². The fourth-order valence-electron chi connectivity index (χ4n) is 5.27. The Kier molecular flexibility index (Phi) is 9.27. The van der Waals surface area contributed by atoms with Crippen LogP contribution in [0, 0.1) is 25.7 Å². The van der Waals surface area contributed by atoms with Gasteiger partial charge in [0.15, 0.2) is 0 Å². The van der Waals surface area contributed by atoms with Gasteiger partial charge in [-0.1, -0.05) is 43.1 Å². The molecule has 2 amide bonds. The molecule has 2 atom stereocenters. The van der Waals surface area contributed by atoms with Gasteiger partial charge in [-0.15, -0.1) is 0 Å². The number of benzene rings is 1. The smallest absolute Gasteiger partial charge is 0.270 e. The van der Waals surface area contributed by atoms with E-state index in [2.05, 4.69) is 32.9 Å². The Hall–Kier alpha value is -3.11. The Bertz CT molecular complexity index is 1210. The molecule has 0 aliphatic heterocycles. The van der Waals surface area contributed by atoms with Gasteiger partial charge in [0.2, 0.25) is 5.91 Å². The van der Waals surface area contributed by atoms with Crippen LogP contribution in [0.4, 0.5) is 5.69 Å². The summed E-state index contributed by atoms with van der Waals surface area (Å²) in [6.45, 7) is 6.68. The summed E-state index contributed by atoms with van der Waals surface area (Å²) in [5.74, 6) is 0.696. The van der Waals surface area contributed by atoms with Crippen LogP contribution < -0.4 is 10.6 Å². The number of carbonyl (C=O) groups excluding carboxylic acids is 2. The van der Waals surface area contributed by atoms with E-state index in [0.29, 0.717) is 36.0 Å². The molecule has 1 saturated carbocycles.